The van der Waals surface area contributed by atoms with Gasteiger partial charge < -0.3 is 14.8 Å². The number of carbonyl (C=O) groups is 1. The molecule has 0 spiro atoms. The predicted octanol–water partition coefficient (Wildman–Crippen LogP) is 2.95. The summed E-state index contributed by atoms with van der Waals surface area (Å²) in [4.78, 5) is 19.2. The molecule has 11 nitrogen and oxygen atoms in total. The molecule has 1 aromatic carbocycles. The molecule has 1 aliphatic heterocycles. The van der Waals surface area contributed by atoms with Gasteiger partial charge in [0.15, 0.2) is 5.82 Å². The molecule has 0 unspecified atom stereocenters. The number of anilines is 2. The molecule has 3 heterocycles. The number of sulfonamides is 1. The van der Waals surface area contributed by atoms with Gasteiger partial charge in [0.25, 0.3) is 0 Å². The zero-order valence-corrected chi connectivity index (χ0v) is 23.3. The molecule has 0 amide bonds. The van der Waals surface area contributed by atoms with Crippen LogP contribution in [0.5, 0.6) is 5.75 Å². The van der Waals surface area contributed by atoms with E-state index in [0.29, 0.717) is 31.9 Å². The van der Waals surface area contributed by atoms with Crippen LogP contribution >= 0.6 is 0 Å². The molecule has 1 aliphatic rings. The molecule has 38 heavy (non-hydrogen) atoms. The van der Waals surface area contributed by atoms with Crippen LogP contribution in [0, 0.1) is 5.92 Å². The van der Waals surface area contributed by atoms with Crippen molar-refractivity contribution in [2.75, 3.05) is 31.8 Å². The topological polar surface area (TPSA) is 127 Å². The number of nitrogens with one attached hydrogen (secondary N) is 2. The predicted molar refractivity (Wildman–Crippen MR) is 145 cm³/mol. The molecular weight excluding hydrogens is 508 g/mol. The van der Waals surface area contributed by atoms with Crippen LogP contribution in [0.3, 0.4) is 0 Å². The van der Waals surface area contributed by atoms with Crippen molar-refractivity contribution in [2.24, 2.45) is 5.92 Å². The maximum Gasteiger partial charge on any atom is 0.306 e. The van der Waals surface area contributed by atoms with Crippen LogP contribution in [0.1, 0.15) is 39.2 Å². The highest BCUT2D eigenvalue weighted by molar-refractivity contribution is 7.88. The van der Waals surface area contributed by atoms with Gasteiger partial charge in [-0.2, -0.15) is 5.10 Å². The Bertz CT molecular complexity index is 1380. The Labute approximate surface area is 223 Å². The smallest absolute Gasteiger partial charge is 0.306 e. The average Bonchev–Trinajstić information content (AvgIpc) is 3.22. The van der Waals surface area contributed by atoms with E-state index in [0.717, 1.165) is 28.8 Å². The normalized spacial score (nSPS) is 18.9. The molecule has 2 atom stereocenters. The molecule has 206 valence electrons. The van der Waals surface area contributed by atoms with Gasteiger partial charge in [-0.3, -0.25) is 9.69 Å². The summed E-state index contributed by atoms with van der Waals surface area (Å²) in [5, 5.41) is 7.71. The van der Waals surface area contributed by atoms with E-state index in [4.69, 9.17) is 9.47 Å². The second-order valence-corrected chi connectivity index (χ2v) is 12.5. The molecule has 0 aliphatic carbocycles. The summed E-state index contributed by atoms with van der Waals surface area (Å²) < 4.78 is 39.6. The number of hydrogen-bond acceptors (Lipinski definition) is 9. The summed E-state index contributed by atoms with van der Waals surface area (Å²) >= 11 is 0. The summed E-state index contributed by atoms with van der Waals surface area (Å²) in [6.07, 6.45) is 5.34. The number of aromatic nitrogens is 3. The monoisotopic (exact) mass is 544 g/mol. The molecule has 0 saturated carbocycles. The zero-order chi connectivity index (χ0) is 27.5. The first-order valence-electron chi connectivity index (χ1n) is 12.5. The van der Waals surface area contributed by atoms with Crippen LogP contribution < -0.4 is 14.8 Å². The van der Waals surface area contributed by atoms with E-state index in [2.05, 4.69) is 25.0 Å². The Morgan fingerprint density at radius 2 is 2.03 bits per heavy atom. The fourth-order valence-corrected chi connectivity index (χ4v) is 5.59. The number of fused-ring (bicyclic) bond motifs is 1. The first-order chi connectivity index (χ1) is 17.9. The Morgan fingerprint density at radius 1 is 1.24 bits per heavy atom. The molecule has 1 fully saturated rings. The van der Waals surface area contributed by atoms with E-state index in [1.165, 1.54) is 6.33 Å². The molecule has 2 aromatic heterocycles. The number of methoxy groups -OCH3 is 1. The lowest BCUT2D eigenvalue weighted by Crippen LogP contribution is -2.52. The fourth-order valence-electron chi connectivity index (χ4n) is 4.78. The van der Waals surface area contributed by atoms with Crippen LogP contribution in [0.25, 0.3) is 5.52 Å². The van der Waals surface area contributed by atoms with Crippen molar-refractivity contribution in [1.82, 2.24) is 24.2 Å². The van der Waals surface area contributed by atoms with Crippen molar-refractivity contribution in [3.8, 4) is 5.75 Å². The van der Waals surface area contributed by atoms with Crippen molar-refractivity contribution in [1.29, 1.82) is 0 Å². The van der Waals surface area contributed by atoms with Crippen molar-refractivity contribution < 1.29 is 22.7 Å². The van der Waals surface area contributed by atoms with Crippen molar-refractivity contribution in [2.45, 2.75) is 51.8 Å². The van der Waals surface area contributed by atoms with Gasteiger partial charge in [-0.1, -0.05) is 6.07 Å². The van der Waals surface area contributed by atoms with Gasteiger partial charge in [0.1, 0.15) is 23.2 Å². The molecule has 4 rings (SSSR count). The minimum absolute atomic E-state index is 0.157. The fraction of sp³-hybridized carbons (Fsp3) is 0.500. The van der Waals surface area contributed by atoms with Gasteiger partial charge in [-0.05, 0) is 63.4 Å². The Balaban J connectivity index is 1.52. The Kier molecular flexibility index (Phi) is 8.24. The second kappa shape index (κ2) is 11.3. The number of rotatable bonds is 9. The maximum atomic E-state index is 12.5. The number of hydrogen-bond donors (Lipinski definition) is 2. The van der Waals surface area contributed by atoms with Gasteiger partial charge in [-0.25, -0.2) is 22.6 Å². The summed E-state index contributed by atoms with van der Waals surface area (Å²) in [6, 6.07) is 9.17. The summed E-state index contributed by atoms with van der Waals surface area (Å²) in [7, 11) is -1.85. The third-order valence-electron chi connectivity index (χ3n) is 6.32. The molecule has 0 bridgehead atoms. The van der Waals surface area contributed by atoms with Gasteiger partial charge in [0, 0.05) is 43.5 Å². The molecule has 3 aromatic rings. The SMILES string of the molecule is COc1cccc(Nc2ncnn3ccc(CN4CC[C@@H](CC(=O)OC(C)(C)C)[C@H](NS(C)(=O)=O)C4)c23)c1. The summed E-state index contributed by atoms with van der Waals surface area (Å²) in [5.74, 6) is 0.906. The zero-order valence-electron chi connectivity index (χ0n) is 22.5. The lowest BCUT2D eigenvalue weighted by atomic mass is 9.89. The highest BCUT2D eigenvalue weighted by atomic mass is 32.2. The van der Waals surface area contributed by atoms with Crippen molar-refractivity contribution >= 4 is 33.0 Å². The van der Waals surface area contributed by atoms with Gasteiger partial charge in [0.2, 0.25) is 10.0 Å². The summed E-state index contributed by atoms with van der Waals surface area (Å²) in [6.45, 7) is 7.20. The quantitative estimate of drug-likeness (QED) is 0.391. The number of esters is 1. The number of carbonyl (C=O) groups excluding carboxylic acids is 1. The maximum absolute atomic E-state index is 12.5. The Hall–Kier alpha value is -3.22. The highest BCUT2D eigenvalue weighted by Gasteiger charge is 2.34. The number of piperidine rings is 1. The number of likely N-dealkylation sites (tertiary alicyclic amines) is 1. The average molecular weight is 545 g/mol. The van der Waals surface area contributed by atoms with Crippen LogP contribution in [-0.4, -0.2) is 72.0 Å². The van der Waals surface area contributed by atoms with E-state index in [1.54, 1.807) is 11.6 Å². The van der Waals surface area contributed by atoms with Crippen molar-refractivity contribution in [3.63, 3.8) is 0 Å². The minimum Gasteiger partial charge on any atom is -0.497 e. The van der Waals surface area contributed by atoms with E-state index in [-0.39, 0.29) is 18.3 Å². The number of benzene rings is 1. The van der Waals surface area contributed by atoms with E-state index in [9.17, 15) is 13.2 Å². The molecular formula is C26H36N6O5S. The van der Waals surface area contributed by atoms with Gasteiger partial charge in [0.05, 0.1) is 13.4 Å². The first-order valence-corrected chi connectivity index (χ1v) is 14.4. The molecule has 0 radical (unpaired) electrons. The third-order valence-corrected chi connectivity index (χ3v) is 7.05. The summed E-state index contributed by atoms with van der Waals surface area (Å²) in [5.41, 5.74) is 2.07. The first kappa shape index (κ1) is 27.8. The Morgan fingerprint density at radius 3 is 2.74 bits per heavy atom. The number of nitrogens with zero attached hydrogens (tertiary/aromatic N) is 4. The van der Waals surface area contributed by atoms with E-state index < -0.39 is 21.7 Å². The van der Waals surface area contributed by atoms with E-state index >= 15 is 0 Å². The van der Waals surface area contributed by atoms with Crippen molar-refractivity contribution in [3.05, 3.63) is 48.4 Å². The van der Waals surface area contributed by atoms with Gasteiger partial charge >= 0.3 is 5.97 Å². The lowest BCUT2D eigenvalue weighted by Gasteiger charge is -2.38. The standard InChI is InChI=1S/C26H36N6O5S/c1-26(2,3)37-23(33)13-18-9-11-31(16-22(18)30-38(5,34)35)15-19-10-12-32-24(19)25(27-17-28-32)29-20-7-6-8-21(14-20)36-4/h6-8,10,12,14,17-18,22,30H,9,11,13,15-16H2,1-5H3,(H,27,28,29)/t18-,22+/m0/s1. The van der Waals surface area contributed by atoms with Gasteiger partial charge in [-0.15, -0.1) is 0 Å². The third kappa shape index (κ3) is 7.42. The van der Waals surface area contributed by atoms with Crippen LogP contribution in [0.4, 0.5) is 11.5 Å². The van der Waals surface area contributed by atoms with Crippen LogP contribution in [0.2, 0.25) is 0 Å². The minimum atomic E-state index is -3.47. The second-order valence-electron chi connectivity index (χ2n) is 10.7. The largest absolute Gasteiger partial charge is 0.497 e. The molecule has 12 heteroatoms. The lowest BCUT2D eigenvalue weighted by molar-refractivity contribution is -0.156. The molecule has 1 saturated heterocycles. The van der Waals surface area contributed by atoms with Crippen LogP contribution in [-0.2, 0) is 26.1 Å². The number of ether oxygens (including phenoxy) is 2. The highest BCUT2D eigenvalue weighted by Crippen LogP contribution is 2.29. The molecule has 2 N–H and O–H groups in total. The van der Waals surface area contributed by atoms with Crippen LogP contribution in [0.15, 0.2) is 42.9 Å². The van der Waals surface area contributed by atoms with E-state index in [1.807, 2.05) is 57.3 Å².